The Balaban J connectivity index is 1.69. The normalized spacial score (nSPS) is 11.1. The molecule has 0 aliphatic carbocycles. The zero-order valence-corrected chi connectivity index (χ0v) is 13.6. The molecular formula is C21H17NO2. The summed E-state index contributed by atoms with van der Waals surface area (Å²) in [7, 11) is 0. The van der Waals surface area contributed by atoms with Crippen molar-refractivity contribution < 1.29 is 9.21 Å². The summed E-state index contributed by atoms with van der Waals surface area (Å²) in [5.74, 6) is 0.139. The molecule has 1 heterocycles. The number of aryl methyl sites for hydroxylation is 2. The van der Waals surface area contributed by atoms with Crippen molar-refractivity contribution >= 4 is 33.3 Å². The summed E-state index contributed by atoms with van der Waals surface area (Å²) in [5, 5.41) is 6.15. The van der Waals surface area contributed by atoms with Crippen LogP contribution in [0.3, 0.4) is 0 Å². The first-order valence-electron chi connectivity index (χ1n) is 7.92. The molecule has 3 aromatic carbocycles. The Morgan fingerprint density at radius 1 is 0.917 bits per heavy atom. The van der Waals surface area contributed by atoms with Gasteiger partial charge in [0.1, 0.15) is 5.58 Å². The van der Waals surface area contributed by atoms with Crippen LogP contribution >= 0.6 is 0 Å². The van der Waals surface area contributed by atoms with Gasteiger partial charge in [-0.15, -0.1) is 0 Å². The third-order valence-corrected chi connectivity index (χ3v) is 4.31. The molecule has 4 aromatic rings. The van der Waals surface area contributed by atoms with E-state index in [2.05, 4.69) is 5.32 Å². The van der Waals surface area contributed by atoms with Gasteiger partial charge in [-0.2, -0.15) is 0 Å². The van der Waals surface area contributed by atoms with Crippen molar-refractivity contribution in [3.63, 3.8) is 0 Å². The van der Waals surface area contributed by atoms with Crippen molar-refractivity contribution in [2.75, 3.05) is 5.32 Å². The highest BCUT2D eigenvalue weighted by Gasteiger charge is 2.17. The Labute approximate surface area is 139 Å². The van der Waals surface area contributed by atoms with Crippen LogP contribution in [0.1, 0.15) is 21.7 Å². The molecular weight excluding hydrogens is 298 g/mol. The lowest BCUT2D eigenvalue weighted by molar-refractivity contribution is 0.0998. The fourth-order valence-electron chi connectivity index (χ4n) is 3.01. The SMILES string of the molecule is Cc1ccc2oc(C(=O)Nc3ccc4ccccc4c3)c(C)c2c1. The second-order valence-corrected chi connectivity index (χ2v) is 6.07. The van der Waals surface area contributed by atoms with E-state index in [1.165, 1.54) is 0 Å². The molecule has 0 fully saturated rings. The lowest BCUT2D eigenvalue weighted by Crippen LogP contribution is -2.12. The first kappa shape index (κ1) is 14.5. The quantitative estimate of drug-likeness (QED) is 0.534. The minimum absolute atomic E-state index is 0.225. The zero-order valence-electron chi connectivity index (χ0n) is 13.6. The number of benzene rings is 3. The van der Waals surface area contributed by atoms with Gasteiger partial charge < -0.3 is 9.73 Å². The lowest BCUT2D eigenvalue weighted by atomic mass is 10.1. The molecule has 0 saturated heterocycles. The fraction of sp³-hybridized carbons (Fsp3) is 0.0952. The van der Waals surface area contributed by atoms with Crippen LogP contribution in [0.15, 0.2) is 65.1 Å². The summed E-state index contributed by atoms with van der Waals surface area (Å²) in [6.45, 7) is 3.95. The van der Waals surface area contributed by atoms with Crippen molar-refractivity contribution in [2.24, 2.45) is 0 Å². The summed E-state index contributed by atoms with van der Waals surface area (Å²) in [4.78, 5) is 12.6. The van der Waals surface area contributed by atoms with Gasteiger partial charge in [-0.1, -0.05) is 42.0 Å². The smallest absolute Gasteiger partial charge is 0.291 e. The van der Waals surface area contributed by atoms with Gasteiger partial charge in [0.05, 0.1) is 0 Å². The summed E-state index contributed by atoms with van der Waals surface area (Å²) < 4.78 is 5.76. The van der Waals surface area contributed by atoms with E-state index in [0.717, 1.165) is 38.6 Å². The lowest BCUT2D eigenvalue weighted by Gasteiger charge is -2.05. The molecule has 3 heteroatoms. The largest absolute Gasteiger partial charge is 0.451 e. The van der Waals surface area contributed by atoms with Crippen LogP contribution in [0.4, 0.5) is 5.69 Å². The summed E-state index contributed by atoms with van der Waals surface area (Å²) in [5.41, 5.74) is 3.51. The van der Waals surface area contributed by atoms with Crippen LogP contribution in [-0.4, -0.2) is 5.91 Å². The van der Waals surface area contributed by atoms with Crippen molar-refractivity contribution in [2.45, 2.75) is 13.8 Å². The molecule has 1 aromatic heterocycles. The Morgan fingerprint density at radius 3 is 2.54 bits per heavy atom. The summed E-state index contributed by atoms with van der Waals surface area (Å²) in [6.07, 6.45) is 0. The maximum Gasteiger partial charge on any atom is 0.291 e. The van der Waals surface area contributed by atoms with E-state index in [-0.39, 0.29) is 5.91 Å². The number of carbonyl (C=O) groups is 1. The van der Waals surface area contributed by atoms with E-state index >= 15 is 0 Å². The van der Waals surface area contributed by atoms with Crippen molar-refractivity contribution in [1.29, 1.82) is 0 Å². The van der Waals surface area contributed by atoms with E-state index in [0.29, 0.717) is 5.76 Å². The van der Waals surface area contributed by atoms with Crippen LogP contribution in [0.25, 0.3) is 21.7 Å². The number of hydrogen-bond acceptors (Lipinski definition) is 2. The minimum Gasteiger partial charge on any atom is -0.451 e. The Kier molecular flexibility index (Phi) is 3.35. The Bertz CT molecular complexity index is 1080. The second kappa shape index (κ2) is 5.53. The van der Waals surface area contributed by atoms with Gasteiger partial charge >= 0.3 is 0 Å². The van der Waals surface area contributed by atoms with Crippen molar-refractivity contribution in [3.8, 4) is 0 Å². The number of hydrogen-bond donors (Lipinski definition) is 1. The number of amides is 1. The zero-order chi connectivity index (χ0) is 16.7. The molecule has 0 spiro atoms. The molecule has 0 radical (unpaired) electrons. The van der Waals surface area contributed by atoms with E-state index in [1.807, 2.05) is 74.5 Å². The maximum atomic E-state index is 12.6. The Morgan fingerprint density at radius 2 is 1.71 bits per heavy atom. The first-order chi connectivity index (χ1) is 11.6. The standard InChI is InChI=1S/C21H17NO2/c1-13-7-10-19-18(11-13)14(2)20(24-19)21(23)22-17-9-8-15-5-3-4-6-16(15)12-17/h3-12H,1-2H3,(H,22,23). The third kappa shape index (κ3) is 2.44. The van der Waals surface area contributed by atoms with Gasteiger partial charge in [0.2, 0.25) is 0 Å². The molecule has 4 rings (SSSR count). The van der Waals surface area contributed by atoms with Gasteiger partial charge in [-0.3, -0.25) is 4.79 Å². The number of carbonyl (C=O) groups excluding carboxylic acids is 1. The highest BCUT2D eigenvalue weighted by molar-refractivity contribution is 6.07. The molecule has 0 atom stereocenters. The molecule has 1 amide bonds. The van der Waals surface area contributed by atoms with Crippen LogP contribution < -0.4 is 5.32 Å². The first-order valence-corrected chi connectivity index (χ1v) is 7.92. The minimum atomic E-state index is -0.225. The van der Waals surface area contributed by atoms with Gasteiger partial charge in [-0.25, -0.2) is 0 Å². The summed E-state index contributed by atoms with van der Waals surface area (Å²) >= 11 is 0. The molecule has 0 bridgehead atoms. The van der Waals surface area contributed by atoms with Crippen LogP contribution in [0, 0.1) is 13.8 Å². The fourth-order valence-corrected chi connectivity index (χ4v) is 3.01. The monoisotopic (exact) mass is 315 g/mol. The molecule has 1 N–H and O–H groups in total. The predicted octanol–water partition coefficient (Wildman–Crippen LogP) is 5.46. The molecule has 3 nitrogen and oxygen atoms in total. The van der Waals surface area contributed by atoms with Crippen molar-refractivity contribution in [3.05, 3.63) is 77.6 Å². The maximum absolute atomic E-state index is 12.6. The second-order valence-electron chi connectivity index (χ2n) is 6.07. The molecule has 118 valence electrons. The third-order valence-electron chi connectivity index (χ3n) is 4.31. The molecule has 24 heavy (non-hydrogen) atoms. The number of fused-ring (bicyclic) bond motifs is 2. The number of nitrogens with one attached hydrogen (secondary N) is 1. The topological polar surface area (TPSA) is 42.2 Å². The van der Waals surface area contributed by atoms with Crippen molar-refractivity contribution in [1.82, 2.24) is 0 Å². The Hall–Kier alpha value is -3.07. The van der Waals surface area contributed by atoms with E-state index < -0.39 is 0 Å². The number of anilines is 1. The van der Waals surface area contributed by atoms with Gasteiger partial charge in [0.15, 0.2) is 5.76 Å². The number of furan rings is 1. The van der Waals surface area contributed by atoms with E-state index in [4.69, 9.17) is 4.42 Å². The molecule has 0 aliphatic rings. The van der Waals surface area contributed by atoms with Crippen LogP contribution in [0.2, 0.25) is 0 Å². The highest BCUT2D eigenvalue weighted by atomic mass is 16.3. The summed E-state index contributed by atoms with van der Waals surface area (Å²) in [6, 6.07) is 19.9. The number of rotatable bonds is 2. The molecule has 0 saturated carbocycles. The highest BCUT2D eigenvalue weighted by Crippen LogP contribution is 2.27. The molecule has 0 unspecified atom stereocenters. The van der Waals surface area contributed by atoms with Gasteiger partial charge in [0, 0.05) is 16.6 Å². The van der Waals surface area contributed by atoms with E-state index in [9.17, 15) is 4.79 Å². The van der Waals surface area contributed by atoms with Crippen LogP contribution in [0.5, 0.6) is 0 Å². The van der Waals surface area contributed by atoms with Gasteiger partial charge in [-0.05, 0) is 48.9 Å². The molecule has 0 aliphatic heterocycles. The predicted molar refractivity (Wildman–Crippen MR) is 97.6 cm³/mol. The van der Waals surface area contributed by atoms with E-state index in [1.54, 1.807) is 0 Å². The van der Waals surface area contributed by atoms with Gasteiger partial charge in [0.25, 0.3) is 5.91 Å². The van der Waals surface area contributed by atoms with Crippen LogP contribution in [-0.2, 0) is 0 Å². The average Bonchev–Trinajstić information content (AvgIpc) is 2.91. The average molecular weight is 315 g/mol.